The highest BCUT2D eigenvalue weighted by molar-refractivity contribution is 5.91. The van der Waals surface area contributed by atoms with Crippen molar-refractivity contribution in [1.82, 2.24) is 15.1 Å². The molecule has 11 heteroatoms. The molecule has 2 spiro atoms. The van der Waals surface area contributed by atoms with E-state index in [-0.39, 0.29) is 74.4 Å². The SMILES string of the molecule is CCCCCCCCC(CCCCCCCC)OC(=O)CCCCC(=O)N(CCCN(C)C)C1(C(=O)NCCCC)CCCC(=O)OCC2=CCC3CC2C32CC3(C2)C2CC=C(COC(=O)CCC1)C3C2. The van der Waals surface area contributed by atoms with Crippen molar-refractivity contribution in [2.75, 3.05) is 46.9 Å². The summed E-state index contributed by atoms with van der Waals surface area (Å²) in [6.45, 7) is 8.77. The first-order chi connectivity index (χ1) is 34.4. The number of nitrogens with zero attached hydrogens (tertiary/aromatic N) is 2. The molecule has 11 nitrogen and oxygen atoms in total. The molecule has 402 valence electrons. The standard InChI is InChI=1S/C60H99N3O8/c1-6-9-12-14-16-18-25-50(26-19-17-15-13-10-7-2)71-56(67)28-21-20-27-53(64)63(39-24-38-62(4)5)60(57(68)61-37-11-8-3)35-22-29-54(65)69-42-46-31-33-48-40-51(46)58(48)44-59(45-58)49-34-32-47(52(59)41-49)43-70-55(66)30-23-36-60/h31-32,48-52H,6-30,33-45H2,1-5H3,(H,61,68). The molecule has 5 fully saturated rings. The van der Waals surface area contributed by atoms with Crippen molar-refractivity contribution in [2.45, 2.75) is 244 Å². The van der Waals surface area contributed by atoms with Gasteiger partial charge in [0.15, 0.2) is 0 Å². The number of carbonyl (C=O) groups is 5. The third-order valence-electron chi connectivity index (χ3n) is 18.5. The first-order valence-corrected chi connectivity index (χ1v) is 29.5. The molecule has 8 aliphatic rings. The van der Waals surface area contributed by atoms with Gasteiger partial charge in [-0.2, -0.15) is 0 Å². The van der Waals surface area contributed by atoms with Crippen LogP contribution in [-0.4, -0.2) is 98.1 Å². The molecule has 8 bridgehead atoms. The Kier molecular flexibility index (Phi) is 22.9. The molecule has 1 N–H and O–H groups in total. The minimum Gasteiger partial charge on any atom is -0.462 e. The van der Waals surface area contributed by atoms with E-state index in [0.29, 0.717) is 81.1 Å². The Hall–Kier alpha value is -3.21. The number of esters is 3. The Morgan fingerprint density at radius 3 is 1.68 bits per heavy atom. The second-order valence-corrected chi connectivity index (χ2v) is 23.6. The van der Waals surface area contributed by atoms with E-state index in [2.05, 4.69) is 43.1 Å². The van der Waals surface area contributed by atoms with Crippen molar-refractivity contribution in [3.05, 3.63) is 23.3 Å². The van der Waals surface area contributed by atoms with E-state index in [4.69, 9.17) is 14.2 Å². The lowest BCUT2D eigenvalue weighted by atomic mass is 9.26. The molecule has 2 saturated heterocycles. The fraction of sp³-hybridized carbons (Fsp3) is 0.850. The zero-order valence-electron chi connectivity index (χ0n) is 45.6. The van der Waals surface area contributed by atoms with Gasteiger partial charge in [-0.25, -0.2) is 0 Å². The van der Waals surface area contributed by atoms with Crippen molar-refractivity contribution in [2.24, 2.45) is 34.5 Å². The van der Waals surface area contributed by atoms with Crippen molar-refractivity contribution in [1.29, 1.82) is 0 Å². The van der Waals surface area contributed by atoms with Crippen LogP contribution in [0.15, 0.2) is 23.3 Å². The molecule has 0 aromatic rings. The average Bonchev–Trinajstić information content (AvgIpc) is 3.33. The van der Waals surface area contributed by atoms with E-state index < -0.39 is 5.54 Å². The Labute approximate surface area is 430 Å². The fourth-order valence-electron chi connectivity index (χ4n) is 14.3. The number of amides is 2. The summed E-state index contributed by atoms with van der Waals surface area (Å²) in [4.78, 5) is 74.4. The normalized spacial score (nSPS) is 28.3. The maximum atomic E-state index is 14.9. The van der Waals surface area contributed by atoms with Crippen LogP contribution < -0.4 is 5.32 Å². The molecule has 2 aliphatic heterocycles. The number of hydrogen-bond donors (Lipinski definition) is 1. The van der Waals surface area contributed by atoms with E-state index >= 15 is 0 Å². The highest BCUT2D eigenvalue weighted by Crippen LogP contribution is 2.82. The van der Waals surface area contributed by atoms with Gasteiger partial charge in [0.1, 0.15) is 24.9 Å². The van der Waals surface area contributed by atoms with Gasteiger partial charge in [0.25, 0.3) is 0 Å². The summed E-state index contributed by atoms with van der Waals surface area (Å²) in [6.07, 6.45) is 33.2. The molecule has 4 unspecified atom stereocenters. The first-order valence-electron chi connectivity index (χ1n) is 29.5. The van der Waals surface area contributed by atoms with Gasteiger partial charge in [-0.15, -0.1) is 0 Å². The summed E-state index contributed by atoms with van der Waals surface area (Å²) >= 11 is 0. The number of unbranched alkanes of at least 4 members (excludes halogenated alkanes) is 12. The van der Waals surface area contributed by atoms with Crippen LogP contribution in [0.4, 0.5) is 0 Å². The second kappa shape index (κ2) is 28.5. The van der Waals surface area contributed by atoms with Crippen LogP contribution in [0.25, 0.3) is 0 Å². The van der Waals surface area contributed by atoms with Gasteiger partial charge in [-0.3, -0.25) is 24.0 Å². The Balaban J connectivity index is 1.14. The number of ether oxygens (including phenoxy) is 3. The fourth-order valence-corrected chi connectivity index (χ4v) is 14.3. The second-order valence-electron chi connectivity index (χ2n) is 23.6. The van der Waals surface area contributed by atoms with Gasteiger partial charge in [0.05, 0.1) is 0 Å². The van der Waals surface area contributed by atoms with E-state index in [9.17, 15) is 24.0 Å². The lowest BCUT2D eigenvalue weighted by molar-refractivity contribution is -0.265. The highest BCUT2D eigenvalue weighted by Gasteiger charge is 2.74. The van der Waals surface area contributed by atoms with Crippen molar-refractivity contribution >= 4 is 29.7 Å². The topological polar surface area (TPSA) is 132 Å². The zero-order chi connectivity index (χ0) is 50.7. The summed E-state index contributed by atoms with van der Waals surface area (Å²) in [6, 6.07) is 0. The lowest BCUT2D eigenvalue weighted by Crippen LogP contribution is -2.71. The number of allylic oxidation sites excluding steroid dienone is 2. The average molecular weight is 990 g/mol. The Bertz CT molecular complexity index is 1700. The summed E-state index contributed by atoms with van der Waals surface area (Å²) in [5.74, 6) is 1.29. The molecule has 0 aromatic heterocycles. The Morgan fingerprint density at radius 1 is 0.662 bits per heavy atom. The minimum atomic E-state index is -1.29. The summed E-state index contributed by atoms with van der Waals surface area (Å²) in [5, 5.41) is 3.21. The molecule has 2 heterocycles. The third-order valence-corrected chi connectivity index (χ3v) is 18.5. The van der Waals surface area contributed by atoms with Gasteiger partial charge in [-0.1, -0.05) is 104 Å². The smallest absolute Gasteiger partial charge is 0.306 e. The number of rotatable bonds is 29. The van der Waals surface area contributed by atoms with E-state index in [1.54, 1.807) is 4.90 Å². The van der Waals surface area contributed by atoms with Crippen LogP contribution in [0.1, 0.15) is 233 Å². The summed E-state index contributed by atoms with van der Waals surface area (Å²) in [5.41, 5.74) is 1.93. The third kappa shape index (κ3) is 15.0. The molecule has 6 aliphatic carbocycles. The quantitative estimate of drug-likeness (QED) is 0.0337. The number of hydrogen-bond acceptors (Lipinski definition) is 9. The van der Waals surface area contributed by atoms with Crippen LogP contribution in [-0.2, 0) is 38.2 Å². The zero-order valence-corrected chi connectivity index (χ0v) is 45.6. The van der Waals surface area contributed by atoms with Crippen LogP contribution >= 0.6 is 0 Å². The van der Waals surface area contributed by atoms with Gasteiger partial charge in [0.2, 0.25) is 11.8 Å². The monoisotopic (exact) mass is 990 g/mol. The van der Waals surface area contributed by atoms with E-state index in [0.717, 1.165) is 69.7 Å². The molecule has 2 amide bonds. The van der Waals surface area contributed by atoms with Crippen LogP contribution in [0.3, 0.4) is 0 Å². The number of fused-ring (bicyclic) bond motifs is 13. The maximum absolute atomic E-state index is 14.9. The molecule has 0 radical (unpaired) electrons. The highest BCUT2D eigenvalue weighted by atomic mass is 16.5. The lowest BCUT2D eigenvalue weighted by Gasteiger charge is -2.78. The van der Waals surface area contributed by atoms with Gasteiger partial charge in [-0.05, 0) is 182 Å². The molecule has 3 saturated carbocycles. The van der Waals surface area contributed by atoms with Crippen LogP contribution in [0.2, 0.25) is 0 Å². The van der Waals surface area contributed by atoms with E-state index in [1.807, 2.05) is 14.1 Å². The van der Waals surface area contributed by atoms with E-state index in [1.165, 1.54) is 101 Å². The van der Waals surface area contributed by atoms with Crippen molar-refractivity contribution in [3.8, 4) is 0 Å². The number of carbonyl (C=O) groups excluding carboxylic acids is 5. The van der Waals surface area contributed by atoms with Crippen molar-refractivity contribution in [3.63, 3.8) is 0 Å². The van der Waals surface area contributed by atoms with Gasteiger partial charge >= 0.3 is 17.9 Å². The molecule has 8 rings (SSSR count). The minimum absolute atomic E-state index is 0.0598. The summed E-state index contributed by atoms with van der Waals surface area (Å²) < 4.78 is 18.3. The number of nitrogens with one attached hydrogen (secondary N) is 1. The largest absolute Gasteiger partial charge is 0.462 e. The first kappa shape index (κ1) is 57.1. The van der Waals surface area contributed by atoms with Crippen LogP contribution in [0, 0.1) is 34.5 Å². The Morgan fingerprint density at radius 2 is 1.17 bits per heavy atom. The molecule has 4 atom stereocenters. The molecule has 0 aromatic carbocycles. The van der Waals surface area contributed by atoms with Gasteiger partial charge in [0, 0.05) is 38.8 Å². The predicted molar refractivity (Wildman–Crippen MR) is 282 cm³/mol. The maximum Gasteiger partial charge on any atom is 0.306 e. The van der Waals surface area contributed by atoms with Crippen molar-refractivity contribution < 1.29 is 38.2 Å². The summed E-state index contributed by atoms with van der Waals surface area (Å²) in [7, 11) is 4.01. The molecular weight excluding hydrogens is 891 g/mol. The van der Waals surface area contributed by atoms with Crippen LogP contribution in [0.5, 0.6) is 0 Å². The molecule has 71 heavy (non-hydrogen) atoms. The van der Waals surface area contributed by atoms with Gasteiger partial charge < -0.3 is 29.3 Å². The predicted octanol–water partition coefficient (Wildman–Crippen LogP) is 12.5. The molecular formula is C60H99N3O8.